The Hall–Kier alpha value is -3.35. The lowest BCUT2D eigenvalue weighted by molar-refractivity contribution is 0.968. The van der Waals surface area contributed by atoms with Crippen LogP contribution in [0.15, 0.2) is 58.8 Å². The molecule has 26 heavy (non-hydrogen) atoms. The predicted octanol–water partition coefficient (Wildman–Crippen LogP) is 5.08. The van der Waals surface area contributed by atoms with E-state index in [0.717, 1.165) is 29.2 Å². The summed E-state index contributed by atoms with van der Waals surface area (Å²) < 4.78 is 0. The number of aromatic nitrogens is 3. The largest absolute Gasteiger partial charge is 0.354 e. The Balaban J connectivity index is 1.77. The van der Waals surface area contributed by atoms with Crippen molar-refractivity contribution in [3.8, 4) is 0 Å². The average molecular weight is 347 g/mol. The van der Waals surface area contributed by atoms with Gasteiger partial charge in [-0.15, -0.1) is 0 Å². The molecule has 0 spiro atoms. The molecule has 2 N–H and O–H groups in total. The Labute approximate surface area is 152 Å². The summed E-state index contributed by atoms with van der Waals surface area (Å²) in [6.45, 7) is 6.60. The maximum absolute atomic E-state index is 4.37. The van der Waals surface area contributed by atoms with Gasteiger partial charge >= 0.3 is 0 Å². The van der Waals surface area contributed by atoms with E-state index in [1.807, 2.05) is 69.3 Å². The first-order valence-electron chi connectivity index (χ1n) is 8.45. The van der Waals surface area contributed by atoms with Crippen molar-refractivity contribution in [1.82, 2.24) is 15.0 Å². The molecule has 0 fully saturated rings. The molecule has 7 heteroatoms. The van der Waals surface area contributed by atoms with Crippen LogP contribution in [0, 0.1) is 13.8 Å². The first-order valence-corrected chi connectivity index (χ1v) is 8.45. The fourth-order valence-corrected chi connectivity index (χ4v) is 2.36. The van der Waals surface area contributed by atoms with Crippen LogP contribution >= 0.6 is 0 Å². The van der Waals surface area contributed by atoms with E-state index < -0.39 is 0 Å². The molecule has 0 radical (unpaired) electrons. The SMILES string of the molecule is CCNc1nc(C)nc(Nc2ccc(N=Nc3ccccc3)cc2C)n1. The minimum absolute atomic E-state index is 0.509. The fraction of sp³-hybridized carbons (Fsp3) is 0.211. The summed E-state index contributed by atoms with van der Waals surface area (Å²) in [6, 6.07) is 15.5. The van der Waals surface area contributed by atoms with Crippen LogP contribution < -0.4 is 10.6 Å². The number of anilines is 3. The highest BCUT2D eigenvalue weighted by atomic mass is 15.2. The number of azo groups is 1. The first-order chi connectivity index (χ1) is 12.6. The maximum atomic E-state index is 4.37. The van der Waals surface area contributed by atoms with E-state index in [2.05, 4.69) is 35.8 Å². The van der Waals surface area contributed by atoms with E-state index in [9.17, 15) is 0 Å². The summed E-state index contributed by atoms with van der Waals surface area (Å²) >= 11 is 0. The molecular weight excluding hydrogens is 326 g/mol. The minimum atomic E-state index is 0.509. The molecule has 0 bridgehead atoms. The smallest absolute Gasteiger partial charge is 0.232 e. The van der Waals surface area contributed by atoms with Crippen LogP contribution in [0.3, 0.4) is 0 Å². The Bertz CT molecular complexity index is 907. The van der Waals surface area contributed by atoms with Crippen molar-refractivity contribution in [2.75, 3.05) is 17.2 Å². The molecule has 0 unspecified atom stereocenters. The lowest BCUT2D eigenvalue weighted by atomic mass is 10.2. The molecule has 0 atom stereocenters. The summed E-state index contributed by atoms with van der Waals surface area (Å²) in [4.78, 5) is 13.0. The van der Waals surface area contributed by atoms with Gasteiger partial charge in [-0.3, -0.25) is 0 Å². The standard InChI is InChI=1S/C19H21N7/c1-4-20-18-21-14(3)22-19(24-18)23-17-11-10-16(12-13(17)2)26-25-15-8-6-5-7-9-15/h5-12H,4H2,1-3H3,(H2,20,21,22,23,24). The number of rotatable bonds is 6. The molecule has 0 saturated carbocycles. The third-order valence-electron chi connectivity index (χ3n) is 3.58. The van der Waals surface area contributed by atoms with Crippen LogP contribution in [0.4, 0.5) is 29.0 Å². The topological polar surface area (TPSA) is 87.5 Å². The third kappa shape index (κ3) is 4.60. The van der Waals surface area contributed by atoms with Gasteiger partial charge < -0.3 is 10.6 Å². The Morgan fingerprint density at radius 1 is 0.846 bits per heavy atom. The lowest BCUT2D eigenvalue weighted by Crippen LogP contribution is -2.08. The molecule has 0 amide bonds. The average Bonchev–Trinajstić information content (AvgIpc) is 2.63. The van der Waals surface area contributed by atoms with Crippen molar-refractivity contribution < 1.29 is 0 Å². The van der Waals surface area contributed by atoms with Crippen molar-refractivity contribution >= 4 is 29.0 Å². The number of aryl methyl sites for hydroxylation is 2. The van der Waals surface area contributed by atoms with Crippen LogP contribution in [0.2, 0.25) is 0 Å². The number of benzene rings is 2. The molecule has 2 aromatic carbocycles. The zero-order valence-electron chi connectivity index (χ0n) is 15.1. The molecule has 0 saturated heterocycles. The van der Waals surface area contributed by atoms with Crippen LogP contribution in [0.1, 0.15) is 18.3 Å². The molecule has 0 aliphatic carbocycles. The van der Waals surface area contributed by atoms with E-state index in [4.69, 9.17) is 0 Å². The van der Waals surface area contributed by atoms with Gasteiger partial charge in [0.1, 0.15) is 5.82 Å². The van der Waals surface area contributed by atoms with Gasteiger partial charge in [-0.05, 0) is 56.7 Å². The number of nitrogens with zero attached hydrogens (tertiary/aromatic N) is 5. The third-order valence-corrected chi connectivity index (χ3v) is 3.58. The Kier molecular flexibility index (Phi) is 5.48. The Morgan fingerprint density at radius 2 is 1.58 bits per heavy atom. The van der Waals surface area contributed by atoms with Gasteiger partial charge in [0.05, 0.1) is 11.4 Å². The zero-order valence-corrected chi connectivity index (χ0v) is 15.1. The Morgan fingerprint density at radius 3 is 2.31 bits per heavy atom. The number of nitrogens with one attached hydrogen (secondary N) is 2. The highest BCUT2D eigenvalue weighted by Gasteiger charge is 2.06. The van der Waals surface area contributed by atoms with Crippen molar-refractivity contribution in [1.29, 1.82) is 0 Å². The van der Waals surface area contributed by atoms with Gasteiger partial charge in [0.25, 0.3) is 0 Å². The molecule has 1 heterocycles. The highest BCUT2D eigenvalue weighted by Crippen LogP contribution is 2.25. The monoisotopic (exact) mass is 347 g/mol. The summed E-state index contributed by atoms with van der Waals surface area (Å²) in [5, 5.41) is 14.9. The van der Waals surface area contributed by atoms with Crippen LogP contribution in [-0.4, -0.2) is 21.5 Å². The van der Waals surface area contributed by atoms with Gasteiger partial charge in [0, 0.05) is 12.2 Å². The second kappa shape index (κ2) is 8.15. The normalized spacial score (nSPS) is 10.9. The number of hydrogen-bond donors (Lipinski definition) is 2. The van der Waals surface area contributed by atoms with Gasteiger partial charge in [-0.25, -0.2) is 0 Å². The van der Waals surface area contributed by atoms with Crippen LogP contribution in [0.5, 0.6) is 0 Å². The summed E-state index contributed by atoms with van der Waals surface area (Å²) in [5.41, 5.74) is 3.55. The summed E-state index contributed by atoms with van der Waals surface area (Å²) in [5.74, 6) is 1.73. The van der Waals surface area contributed by atoms with Gasteiger partial charge in [-0.2, -0.15) is 25.2 Å². The molecule has 7 nitrogen and oxygen atoms in total. The summed E-state index contributed by atoms with van der Waals surface area (Å²) in [7, 11) is 0. The second-order valence-electron chi connectivity index (χ2n) is 5.72. The van der Waals surface area contributed by atoms with E-state index >= 15 is 0 Å². The lowest BCUT2D eigenvalue weighted by Gasteiger charge is -2.10. The molecule has 0 aliphatic rings. The predicted molar refractivity (Wildman–Crippen MR) is 104 cm³/mol. The van der Waals surface area contributed by atoms with E-state index in [-0.39, 0.29) is 0 Å². The maximum Gasteiger partial charge on any atom is 0.232 e. The van der Waals surface area contributed by atoms with Crippen LogP contribution in [0.25, 0.3) is 0 Å². The van der Waals surface area contributed by atoms with E-state index in [1.54, 1.807) is 0 Å². The zero-order chi connectivity index (χ0) is 18.4. The molecule has 3 rings (SSSR count). The number of hydrogen-bond acceptors (Lipinski definition) is 7. The molecule has 132 valence electrons. The van der Waals surface area contributed by atoms with Gasteiger partial charge in [-0.1, -0.05) is 18.2 Å². The van der Waals surface area contributed by atoms with Crippen LogP contribution in [-0.2, 0) is 0 Å². The second-order valence-corrected chi connectivity index (χ2v) is 5.72. The summed E-state index contributed by atoms with van der Waals surface area (Å²) in [6.07, 6.45) is 0. The quantitative estimate of drug-likeness (QED) is 0.607. The van der Waals surface area contributed by atoms with Crippen molar-refractivity contribution in [3.63, 3.8) is 0 Å². The van der Waals surface area contributed by atoms with Crippen molar-refractivity contribution in [2.45, 2.75) is 20.8 Å². The van der Waals surface area contributed by atoms with E-state index in [1.165, 1.54) is 0 Å². The first kappa shape index (κ1) is 17.5. The fourth-order valence-electron chi connectivity index (χ4n) is 2.36. The van der Waals surface area contributed by atoms with E-state index in [0.29, 0.717) is 17.7 Å². The van der Waals surface area contributed by atoms with Gasteiger partial charge in [0.2, 0.25) is 11.9 Å². The molecule has 0 aliphatic heterocycles. The highest BCUT2D eigenvalue weighted by molar-refractivity contribution is 5.62. The molecule has 1 aromatic heterocycles. The molecular formula is C19H21N7. The minimum Gasteiger partial charge on any atom is -0.354 e. The van der Waals surface area contributed by atoms with Crippen molar-refractivity contribution in [3.05, 3.63) is 59.9 Å². The van der Waals surface area contributed by atoms with Crippen molar-refractivity contribution in [2.24, 2.45) is 10.2 Å². The molecule has 3 aromatic rings. The van der Waals surface area contributed by atoms with Gasteiger partial charge in [0.15, 0.2) is 0 Å².